The maximum atomic E-state index is 9.32. The molecule has 0 saturated carbocycles. The van der Waals surface area contributed by atoms with Crippen LogP contribution in [0, 0.1) is 0 Å². The smallest absolute Gasteiger partial charge is 0.423 e. The van der Waals surface area contributed by atoms with E-state index in [1.807, 2.05) is 54.6 Å². The minimum atomic E-state index is -0.932. The van der Waals surface area contributed by atoms with Crippen molar-refractivity contribution in [2.24, 2.45) is 0 Å². The molecule has 3 nitrogen and oxygen atoms in total. The third-order valence-corrected chi connectivity index (χ3v) is 2.12. The fourth-order valence-electron chi connectivity index (χ4n) is 1.26. The van der Waals surface area contributed by atoms with Crippen molar-refractivity contribution in [2.75, 3.05) is 13.2 Å². The maximum absolute atomic E-state index is 9.32. The molecule has 0 aromatic heterocycles. The van der Waals surface area contributed by atoms with Gasteiger partial charge in [0.05, 0.1) is 13.2 Å². The summed E-state index contributed by atoms with van der Waals surface area (Å²) >= 11 is 0. The summed E-state index contributed by atoms with van der Waals surface area (Å²) in [6, 6.07) is 21.0. The van der Waals surface area contributed by atoms with E-state index in [2.05, 4.69) is 0 Å². The minimum absolute atomic E-state index is 0.0795. The number of rotatable bonds is 4. The van der Waals surface area contributed by atoms with E-state index >= 15 is 0 Å². The first kappa shape index (κ1) is 14.4. The van der Waals surface area contributed by atoms with Crippen molar-refractivity contribution in [1.82, 2.24) is 0 Å². The Labute approximate surface area is 108 Å². The average Bonchev–Trinajstić information content (AvgIpc) is 2.48. The van der Waals surface area contributed by atoms with Crippen LogP contribution in [0.1, 0.15) is 0 Å². The molecule has 2 rings (SSSR count). The van der Waals surface area contributed by atoms with Crippen molar-refractivity contribution < 1.29 is 14.8 Å². The summed E-state index contributed by atoms with van der Waals surface area (Å²) in [4.78, 5) is 0. The van der Waals surface area contributed by atoms with E-state index in [0.29, 0.717) is 5.46 Å². The van der Waals surface area contributed by atoms with Crippen LogP contribution in [-0.2, 0) is 4.65 Å². The van der Waals surface area contributed by atoms with Crippen molar-refractivity contribution >= 4 is 12.6 Å². The molecule has 0 bridgehead atoms. The zero-order valence-electron chi connectivity index (χ0n) is 10.1. The van der Waals surface area contributed by atoms with Crippen LogP contribution in [0.15, 0.2) is 66.7 Å². The van der Waals surface area contributed by atoms with Crippen LogP contribution in [0.25, 0.3) is 0 Å². The molecule has 2 aromatic rings. The molecule has 0 aliphatic carbocycles. The number of hydrogen-bond donors (Lipinski definition) is 2. The van der Waals surface area contributed by atoms with E-state index in [0.717, 1.165) is 0 Å². The van der Waals surface area contributed by atoms with Crippen molar-refractivity contribution in [3.05, 3.63) is 66.7 Å². The lowest BCUT2D eigenvalue weighted by Crippen LogP contribution is -2.34. The number of benzene rings is 2. The van der Waals surface area contributed by atoms with Gasteiger partial charge in [-0.15, -0.1) is 0 Å². The van der Waals surface area contributed by atoms with Gasteiger partial charge >= 0.3 is 7.12 Å². The van der Waals surface area contributed by atoms with Crippen LogP contribution >= 0.6 is 0 Å². The molecule has 18 heavy (non-hydrogen) atoms. The molecule has 0 aliphatic rings. The largest absolute Gasteiger partial charge is 0.491 e. The molecule has 0 unspecified atom stereocenters. The summed E-state index contributed by atoms with van der Waals surface area (Å²) < 4.78 is 4.88. The first-order valence-electron chi connectivity index (χ1n) is 5.80. The SMILES string of the molecule is OCCOB(O)c1ccccc1.c1ccccc1. The van der Waals surface area contributed by atoms with E-state index < -0.39 is 7.12 Å². The lowest BCUT2D eigenvalue weighted by molar-refractivity contribution is 0.183. The molecular formula is C14H17BO3. The molecule has 0 amide bonds. The van der Waals surface area contributed by atoms with Gasteiger partial charge in [-0.25, -0.2) is 0 Å². The van der Waals surface area contributed by atoms with Gasteiger partial charge < -0.3 is 14.8 Å². The highest BCUT2D eigenvalue weighted by molar-refractivity contribution is 6.59. The Morgan fingerprint density at radius 2 is 1.28 bits per heavy atom. The van der Waals surface area contributed by atoms with E-state index in [1.54, 1.807) is 12.1 Å². The predicted molar refractivity (Wildman–Crippen MR) is 73.5 cm³/mol. The normalized spacial score (nSPS) is 9.22. The lowest BCUT2D eigenvalue weighted by atomic mass is 9.80. The van der Waals surface area contributed by atoms with Crippen LogP contribution in [0.4, 0.5) is 0 Å². The Bertz CT molecular complexity index is 368. The van der Waals surface area contributed by atoms with Crippen molar-refractivity contribution in [3.63, 3.8) is 0 Å². The van der Waals surface area contributed by atoms with Crippen molar-refractivity contribution in [1.29, 1.82) is 0 Å². The quantitative estimate of drug-likeness (QED) is 0.791. The predicted octanol–water partition coefficient (Wildman–Crippen LogP) is 1.07. The van der Waals surface area contributed by atoms with Gasteiger partial charge in [-0.1, -0.05) is 66.7 Å². The maximum Gasteiger partial charge on any atom is 0.491 e. The van der Waals surface area contributed by atoms with Crippen molar-refractivity contribution in [3.8, 4) is 0 Å². The third-order valence-electron chi connectivity index (χ3n) is 2.12. The highest BCUT2D eigenvalue weighted by Crippen LogP contribution is 1.87. The van der Waals surface area contributed by atoms with Gasteiger partial charge in [-0.2, -0.15) is 0 Å². The fourth-order valence-corrected chi connectivity index (χ4v) is 1.26. The summed E-state index contributed by atoms with van der Waals surface area (Å²) in [5.74, 6) is 0. The number of hydrogen-bond acceptors (Lipinski definition) is 3. The third kappa shape index (κ3) is 6.20. The summed E-state index contributed by atoms with van der Waals surface area (Å²) in [6.07, 6.45) is 0. The Morgan fingerprint density at radius 3 is 1.72 bits per heavy atom. The molecule has 4 heteroatoms. The van der Waals surface area contributed by atoms with Gasteiger partial charge in [0.1, 0.15) is 0 Å². The fraction of sp³-hybridized carbons (Fsp3) is 0.143. The van der Waals surface area contributed by atoms with Crippen LogP contribution in [0.5, 0.6) is 0 Å². The van der Waals surface area contributed by atoms with Crippen molar-refractivity contribution in [2.45, 2.75) is 0 Å². The average molecular weight is 244 g/mol. The molecule has 0 spiro atoms. The van der Waals surface area contributed by atoms with Crippen LogP contribution < -0.4 is 5.46 Å². The first-order valence-corrected chi connectivity index (χ1v) is 5.80. The second-order valence-corrected chi connectivity index (χ2v) is 3.51. The lowest BCUT2D eigenvalue weighted by Gasteiger charge is -2.05. The number of aliphatic hydroxyl groups is 1. The molecule has 0 heterocycles. The van der Waals surface area contributed by atoms with E-state index in [1.165, 1.54) is 0 Å². The van der Waals surface area contributed by atoms with Gasteiger partial charge in [-0.05, 0) is 5.46 Å². The summed E-state index contributed by atoms with van der Waals surface area (Å²) in [5.41, 5.74) is 0.700. The highest BCUT2D eigenvalue weighted by Gasteiger charge is 2.14. The minimum Gasteiger partial charge on any atom is -0.423 e. The molecule has 0 fully saturated rings. The Balaban J connectivity index is 0.000000225. The van der Waals surface area contributed by atoms with Gasteiger partial charge in [0.15, 0.2) is 0 Å². The van der Waals surface area contributed by atoms with Gasteiger partial charge in [0.2, 0.25) is 0 Å². The molecule has 0 radical (unpaired) electrons. The molecule has 94 valence electrons. The van der Waals surface area contributed by atoms with Crippen LogP contribution in [0.2, 0.25) is 0 Å². The second-order valence-electron chi connectivity index (χ2n) is 3.51. The van der Waals surface area contributed by atoms with Gasteiger partial charge in [0.25, 0.3) is 0 Å². The first-order chi connectivity index (χ1) is 8.84. The Kier molecular flexibility index (Phi) is 7.56. The highest BCUT2D eigenvalue weighted by atomic mass is 16.5. The monoisotopic (exact) mass is 244 g/mol. The van der Waals surface area contributed by atoms with E-state index in [4.69, 9.17) is 9.76 Å². The molecule has 0 atom stereocenters. The summed E-state index contributed by atoms with van der Waals surface area (Å²) in [5, 5.41) is 17.7. The van der Waals surface area contributed by atoms with Crippen LogP contribution in [0.3, 0.4) is 0 Å². The molecular weight excluding hydrogens is 227 g/mol. The summed E-state index contributed by atoms with van der Waals surface area (Å²) in [6.45, 7) is 0.0694. The molecule has 2 aromatic carbocycles. The number of aliphatic hydroxyl groups excluding tert-OH is 1. The Morgan fingerprint density at radius 1 is 0.833 bits per heavy atom. The summed E-state index contributed by atoms with van der Waals surface area (Å²) in [7, 11) is -0.932. The Hall–Kier alpha value is -1.62. The zero-order chi connectivity index (χ0) is 13.1. The molecule has 0 aliphatic heterocycles. The van der Waals surface area contributed by atoms with Crippen LogP contribution in [-0.4, -0.2) is 30.5 Å². The van der Waals surface area contributed by atoms with E-state index in [-0.39, 0.29) is 13.2 Å². The van der Waals surface area contributed by atoms with E-state index in [9.17, 15) is 5.02 Å². The standard InChI is InChI=1S/C8H11BO3.C6H6/c10-6-7-12-9(11)8-4-2-1-3-5-8;1-2-4-6-5-3-1/h1-5,10-11H,6-7H2;1-6H. The molecule has 0 saturated heterocycles. The topological polar surface area (TPSA) is 49.7 Å². The van der Waals surface area contributed by atoms with Gasteiger partial charge in [-0.3, -0.25) is 0 Å². The zero-order valence-corrected chi connectivity index (χ0v) is 10.1. The van der Waals surface area contributed by atoms with Gasteiger partial charge in [0, 0.05) is 0 Å². The molecule has 2 N–H and O–H groups in total. The second kappa shape index (κ2) is 9.42.